The van der Waals surface area contributed by atoms with Gasteiger partial charge in [0.1, 0.15) is 13.4 Å². The van der Waals surface area contributed by atoms with Crippen LogP contribution >= 0.6 is 0 Å². The molecule has 0 aliphatic rings. The predicted octanol–water partition coefficient (Wildman–Crippen LogP) is 0.245. The molecule has 0 fully saturated rings. The first-order valence-corrected chi connectivity index (χ1v) is 3.90. The van der Waals surface area contributed by atoms with Gasteiger partial charge >= 0.3 is 0 Å². The number of nitrogens with zero attached hydrogens (tertiary/aromatic N) is 3. The second-order valence-corrected chi connectivity index (χ2v) is 2.65. The van der Waals surface area contributed by atoms with Crippen LogP contribution in [0.15, 0.2) is 18.2 Å². The molecule has 2 rings (SSSR count). The van der Waals surface area contributed by atoms with Gasteiger partial charge in [0.2, 0.25) is 0 Å². The lowest BCUT2D eigenvalue weighted by Crippen LogP contribution is -2.02. The molecule has 0 bridgehead atoms. The van der Waals surface area contributed by atoms with Gasteiger partial charge in [-0.05, 0) is 19.1 Å². The van der Waals surface area contributed by atoms with Gasteiger partial charge in [-0.3, -0.25) is 0 Å². The van der Waals surface area contributed by atoms with Crippen molar-refractivity contribution in [3.8, 4) is 0 Å². The zero-order chi connectivity index (χ0) is 8.55. The Morgan fingerprint density at radius 3 is 3.08 bits per heavy atom. The van der Waals surface area contributed by atoms with E-state index in [9.17, 15) is 0 Å². The van der Waals surface area contributed by atoms with Crippen molar-refractivity contribution in [1.29, 1.82) is 0 Å². The fourth-order valence-corrected chi connectivity index (χ4v) is 1.22. The average Bonchev–Trinajstić information content (AvgIpc) is 2.46. The lowest BCUT2D eigenvalue weighted by Gasteiger charge is -1.96. The summed E-state index contributed by atoms with van der Waals surface area (Å²) in [5.74, 6) is 0. The average molecular weight is 157 g/mol. The number of hydrogen-bond donors (Lipinski definition) is 0. The highest BCUT2D eigenvalue weighted by Crippen LogP contribution is 2.07. The van der Waals surface area contributed by atoms with Crippen LogP contribution in [0.3, 0.4) is 0 Å². The molecule has 0 aliphatic carbocycles. The summed E-state index contributed by atoms with van der Waals surface area (Å²) in [5, 5.41) is 7.95. The first-order chi connectivity index (χ1) is 5.81. The van der Waals surface area contributed by atoms with Crippen LogP contribution < -0.4 is 5.46 Å². The Balaban J connectivity index is 2.75. The number of rotatable bonds is 1. The van der Waals surface area contributed by atoms with E-state index >= 15 is 0 Å². The fraction of sp³-hybridized carbons (Fsp3) is 0.250. The highest BCUT2D eigenvalue weighted by Gasteiger charge is 2.00. The second kappa shape index (κ2) is 2.62. The van der Waals surface area contributed by atoms with Crippen LogP contribution in [0.1, 0.15) is 6.92 Å². The summed E-state index contributed by atoms with van der Waals surface area (Å²) in [6, 6.07) is 5.60. The van der Waals surface area contributed by atoms with Gasteiger partial charge in [0.05, 0.1) is 5.52 Å². The van der Waals surface area contributed by atoms with Gasteiger partial charge < -0.3 is 0 Å². The molecule has 2 radical (unpaired) electrons. The minimum atomic E-state index is 0.750. The molecule has 0 amide bonds. The van der Waals surface area contributed by atoms with Gasteiger partial charge in [0, 0.05) is 6.54 Å². The molecule has 1 aromatic heterocycles. The molecule has 58 valence electrons. The normalized spacial score (nSPS) is 10.8. The van der Waals surface area contributed by atoms with E-state index in [4.69, 9.17) is 7.85 Å². The summed E-state index contributed by atoms with van der Waals surface area (Å²) < 4.78 is 1.83. The minimum Gasteiger partial charge on any atom is -0.245 e. The number of aryl methyl sites for hydroxylation is 1. The van der Waals surface area contributed by atoms with Gasteiger partial charge in [-0.25, -0.2) is 4.68 Å². The summed E-state index contributed by atoms with van der Waals surface area (Å²) in [7, 11) is 5.64. The van der Waals surface area contributed by atoms with Crippen LogP contribution in [-0.2, 0) is 6.54 Å². The molecular weight excluding hydrogens is 149 g/mol. The van der Waals surface area contributed by atoms with Crippen molar-refractivity contribution >= 4 is 24.3 Å². The van der Waals surface area contributed by atoms with Crippen LogP contribution in [0.5, 0.6) is 0 Å². The Kier molecular flexibility index (Phi) is 1.61. The second-order valence-electron chi connectivity index (χ2n) is 2.65. The predicted molar refractivity (Wildman–Crippen MR) is 48.6 cm³/mol. The van der Waals surface area contributed by atoms with Gasteiger partial charge in [-0.1, -0.05) is 16.7 Å². The summed E-state index contributed by atoms with van der Waals surface area (Å²) in [6.45, 7) is 2.84. The molecule has 0 spiro atoms. The minimum absolute atomic E-state index is 0.750. The van der Waals surface area contributed by atoms with Crippen LogP contribution in [-0.4, -0.2) is 22.8 Å². The van der Waals surface area contributed by atoms with Gasteiger partial charge in [0.15, 0.2) is 0 Å². The monoisotopic (exact) mass is 157 g/mol. The fourth-order valence-electron chi connectivity index (χ4n) is 1.22. The zero-order valence-electron chi connectivity index (χ0n) is 6.86. The third-order valence-corrected chi connectivity index (χ3v) is 1.84. The van der Waals surface area contributed by atoms with Crippen LogP contribution in [0, 0.1) is 0 Å². The number of hydrogen-bond acceptors (Lipinski definition) is 2. The maximum Gasteiger partial charge on any atom is 0.113 e. The van der Waals surface area contributed by atoms with Crippen molar-refractivity contribution < 1.29 is 0 Å². The standard InChI is InChI=1S/C8H8BN3/c1-2-12-8-5-6(9)3-4-7(8)10-11-12/h3-5H,2H2,1H3. The maximum absolute atomic E-state index is 5.64. The number of benzene rings is 1. The molecule has 0 aliphatic heterocycles. The molecule has 1 heterocycles. The first kappa shape index (κ1) is 7.34. The van der Waals surface area contributed by atoms with Crippen LogP contribution in [0.2, 0.25) is 0 Å². The Bertz CT molecular complexity index is 408. The Hall–Kier alpha value is -1.32. The molecule has 0 N–H and O–H groups in total. The van der Waals surface area contributed by atoms with E-state index in [0.717, 1.165) is 23.0 Å². The van der Waals surface area contributed by atoms with Crippen LogP contribution in [0.25, 0.3) is 11.0 Å². The van der Waals surface area contributed by atoms with Crippen molar-refractivity contribution in [2.24, 2.45) is 0 Å². The van der Waals surface area contributed by atoms with Gasteiger partial charge in [0.25, 0.3) is 0 Å². The van der Waals surface area contributed by atoms with E-state index in [1.165, 1.54) is 0 Å². The maximum atomic E-state index is 5.64. The van der Waals surface area contributed by atoms with E-state index in [2.05, 4.69) is 10.3 Å². The molecule has 0 saturated heterocycles. The van der Waals surface area contributed by atoms with E-state index in [1.807, 2.05) is 29.8 Å². The van der Waals surface area contributed by atoms with E-state index < -0.39 is 0 Å². The van der Waals surface area contributed by atoms with Crippen molar-refractivity contribution in [1.82, 2.24) is 15.0 Å². The quantitative estimate of drug-likeness (QED) is 0.555. The Morgan fingerprint density at radius 2 is 2.33 bits per heavy atom. The topological polar surface area (TPSA) is 30.7 Å². The number of fused-ring (bicyclic) bond motifs is 1. The SMILES string of the molecule is [B]c1ccc2nnn(CC)c2c1. The van der Waals surface area contributed by atoms with E-state index in [1.54, 1.807) is 0 Å². The molecule has 3 nitrogen and oxygen atoms in total. The summed E-state index contributed by atoms with van der Waals surface area (Å²) in [4.78, 5) is 0. The molecule has 0 saturated carbocycles. The molecule has 0 atom stereocenters. The summed E-state index contributed by atoms with van der Waals surface area (Å²) in [5.41, 5.74) is 2.64. The lowest BCUT2D eigenvalue weighted by molar-refractivity contribution is 0.646. The van der Waals surface area contributed by atoms with Crippen molar-refractivity contribution in [2.45, 2.75) is 13.5 Å². The Morgan fingerprint density at radius 1 is 1.50 bits per heavy atom. The van der Waals surface area contributed by atoms with Crippen molar-refractivity contribution in [3.63, 3.8) is 0 Å². The highest BCUT2D eigenvalue weighted by atomic mass is 15.4. The summed E-state index contributed by atoms with van der Waals surface area (Å²) >= 11 is 0. The van der Waals surface area contributed by atoms with Gasteiger partial charge in [-0.15, -0.1) is 5.10 Å². The molecule has 1 aromatic carbocycles. The summed E-state index contributed by atoms with van der Waals surface area (Å²) in [6.07, 6.45) is 0. The van der Waals surface area contributed by atoms with Gasteiger partial charge in [-0.2, -0.15) is 0 Å². The van der Waals surface area contributed by atoms with Crippen LogP contribution in [0.4, 0.5) is 0 Å². The molecule has 2 aromatic rings. The molecular formula is C8H8BN3. The van der Waals surface area contributed by atoms with Crippen molar-refractivity contribution in [3.05, 3.63) is 18.2 Å². The van der Waals surface area contributed by atoms with Crippen molar-refractivity contribution in [2.75, 3.05) is 0 Å². The third-order valence-electron chi connectivity index (χ3n) is 1.84. The van der Waals surface area contributed by atoms with E-state index in [-0.39, 0.29) is 0 Å². The molecule has 12 heavy (non-hydrogen) atoms. The Labute approximate surface area is 71.8 Å². The molecule has 0 unspecified atom stereocenters. The highest BCUT2D eigenvalue weighted by molar-refractivity contribution is 6.33. The molecule has 4 heteroatoms. The zero-order valence-corrected chi connectivity index (χ0v) is 6.86. The number of aromatic nitrogens is 3. The largest absolute Gasteiger partial charge is 0.245 e. The lowest BCUT2D eigenvalue weighted by atomic mass is 9.96. The first-order valence-electron chi connectivity index (χ1n) is 3.90. The smallest absolute Gasteiger partial charge is 0.113 e. The third kappa shape index (κ3) is 0.997. The van der Waals surface area contributed by atoms with E-state index in [0.29, 0.717) is 0 Å².